The Bertz CT molecular complexity index is 69.1. The van der Waals surface area contributed by atoms with Crippen molar-refractivity contribution in [3.05, 3.63) is 0 Å². The average molecular weight is 143 g/mol. The fourth-order valence-electron chi connectivity index (χ4n) is 1.18. The molecule has 0 aliphatic heterocycles. The van der Waals surface area contributed by atoms with Crippen LogP contribution in [0.1, 0.15) is 46.5 Å². The zero-order chi connectivity index (χ0) is 7.98. The van der Waals surface area contributed by atoms with E-state index in [1.807, 2.05) is 0 Å². The van der Waals surface area contributed by atoms with Crippen LogP contribution < -0.4 is 5.73 Å². The summed E-state index contributed by atoms with van der Waals surface area (Å²) in [6, 6.07) is 0.388. The molecule has 0 saturated heterocycles. The average Bonchev–Trinajstić information content (AvgIpc) is 1.85. The van der Waals surface area contributed by atoms with E-state index in [0.717, 1.165) is 5.92 Å². The molecule has 0 aliphatic carbocycles. The van der Waals surface area contributed by atoms with Crippen molar-refractivity contribution in [2.45, 2.75) is 52.5 Å². The van der Waals surface area contributed by atoms with E-state index in [1.165, 1.54) is 25.7 Å². The first-order valence-electron chi connectivity index (χ1n) is 4.42. The fraction of sp³-hybridized carbons (Fsp3) is 1.00. The highest BCUT2D eigenvalue weighted by atomic mass is 14.6. The molecule has 0 aromatic rings. The first-order valence-corrected chi connectivity index (χ1v) is 4.42. The third-order valence-corrected chi connectivity index (χ3v) is 1.90. The lowest BCUT2D eigenvalue weighted by Crippen LogP contribution is -2.15. The van der Waals surface area contributed by atoms with Gasteiger partial charge in [-0.25, -0.2) is 0 Å². The van der Waals surface area contributed by atoms with Gasteiger partial charge in [0, 0.05) is 6.04 Å². The summed E-state index contributed by atoms with van der Waals surface area (Å²) in [6.45, 7) is 6.63. The van der Waals surface area contributed by atoms with Crippen LogP contribution in [0.25, 0.3) is 0 Å². The molecule has 1 heteroatoms. The van der Waals surface area contributed by atoms with Crippen molar-refractivity contribution in [1.29, 1.82) is 0 Å². The fourth-order valence-corrected chi connectivity index (χ4v) is 1.18. The highest BCUT2D eigenvalue weighted by Gasteiger charge is 2.01. The number of rotatable bonds is 5. The van der Waals surface area contributed by atoms with Crippen LogP contribution in [0.4, 0.5) is 0 Å². The Labute approximate surface area is 65.0 Å². The zero-order valence-electron chi connectivity index (χ0n) is 7.56. The largest absolute Gasteiger partial charge is 0.328 e. The summed E-state index contributed by atoms with van der Waals surface area (Å²) in [7, 11) is 0. The molecule has 2 N–H and O–H groups in total. The molecule has 0 aromatic heterocycles. The Kier molecular flexibility index (Phi) is 5.70. The molecule has 0 heterocycles. The van der Waals surface area contributed by atoms with Gasteiger partial charge in [-0.05, 0) is 25.7 Å². The van der Waals surface area contributed by atoms with Crippen LogP contribution in [0.2, 0.25) is 0 Å². The lowest BCUT2D eigenvalue weighted by molar-refractivity contribution is 0.448. The summed E-state index contributed by atoms with van der Waals surface area (Å²) in [5.74, 6) is 0.871. The molecule has 1 unspecified atom stereocenters. The summed E-state index contributed by atoms with van der Waals surface area (Å²) in [4.78, 5) is 0. The number of hydrogen-bond donors (Lipinski definition) is 1. The molecule has 0 bridgehead atoms. The van der Waals surface area contributed by atoms with Gasteiger partial charge in [0.25, 0.3) is 0 Å². The SMILES string of the molecule is CCCC(C)CC[C@H](C)N. The van der Waals surface area contributed by atoms with Gasteiger partial charge in [0.15, 0.2) is 0 Å². The van der Waals surface area contributed by atoms with Gasteiger partial charge >= 0.3 is 0 Å². The first kappa shape index (κ1) is 9.96. The lowest BCUT2D eigenvalue weighted by atomic mass is 9.98. The summed E-state index contributed by atoms with van der Waals surface area (Å²) in [6.07, 6.45) is 5.14. The molecule has 62 valence electrons. The summed E-state index contributed by atoms with van der Waals surface area (Å²) >= 11 is 0. The Hall–Kier alpha value is -0.0400. The van der Waals surface area contributed by atoms with Crippen molar-refractivity contribution < 1.29 is 0 Å². The number of hydrogen-bond acceptors (Lipinski definition) is 1. The lowest BCUT2D eigenvalue weighted by Gasteiger charge is -2.10. The molecule has 2 atom stereocenters. The van der Waals surface area contributed by atoms with Crippen LogP contribution in [0.15, 0.2) is 0 Å². The topological polar surface area (TPSA) is 26.0 Å². The van der Waals surface area contributed by atoms with Gasteiger partial charge in [0.2, 0.25) is 0 Å². The van der Waals surface area contributed by atoms with Gasteiger partial charge in [0.1, 0.15) is 0 Å². The molecule has 0 saturated carbocycles. The van der Waals surface area contributed by atoms with Crippen molar-refractivity contribution in [1.82, 2.24) is 0 Å². The minimum atomic E-state index is 0.388. The predicted octanol–water partition coefficient (Wildman–Crippen LogP) is 2.55. The Morgan fingerprint density at radius 3 is 2.10 bits per heavy atom. The smallest absolute Gasteiger partial charge is 0.00105 e. The van der Waals surface area contributed by atoms with Gasteiger partial charge in [0.05, 0.1) is 0 Å². The standard InChI is InChI=1S/C9H21N/c1-4-5-8(2)6-7-9(3)10/h8-9H,4-7,10H2,1-3H3/t8?,9-/m0/s1. The zero-order valence-corrected chi connectivity index (χ0v) is 7.56. The van der Waals surface area contributed by atoms with Crippen LogP contribution in [-0.4, -0.2) is 6.04 Å². The monoisotopic (exact) mass is 143 g/mol. The quantitative estimate of drug-likeness (QED) is 0.629. The van der Waals surface area contributed by atoms with Crippen LogP contribution >= 0.6 is 0 Å². The van der Waals surface area contributed by atoms with Gasteiger partial charge in [-0.2, -0.15) is 0 Å². The van der Waals surface area contributed by atoms with Crippen molar-refractivity contribution in [2.24, 2.45) is 11.7 Å². The third kappa shape index (κ3) is 6.09. The van der Waals surface area contributed by atoms with Crippen LogP contribution in [0.5, 0.6) is 0 Å². The maximum absolute atomic E-state index is 5.64. The van der Waals surface area contributed by atoms with E-state index in [0.29, 0.717) is 6.04 Å². The molecule has 0 spiro atoms. The third-order valence-electron chi connectivity index (χ3n) is 1.90. The van der Waals surface area contributed by atoms with Crippen molar-refractivity contribution in [3.8, 4) is 0 Å². The van der Waals surface area contributed by atoms with E-state index in [-0.39, 0.29) is 0 Å². The molecular formula is C9H21N. The van der Waals surface area contributed by atoms with Crippen LogP contribution in [0.3, 0.4) is 0 Å². The van der Waals surface area contributed by atoms with Gasteiger partial charge in [-0.3, -0.25) is 0 Å². The maximum atomic E-state index is 5.64. The second kappa shape index (κ2) is 5.72. The molecule has 0 fully saturated rings. The number of nitrogens with two attached hydrogens (primary N) is 1. The summed E-state index contributed by atoms with van der Waals surface area (Å²) < 4.78 is 0. The minimum Gasteiger partial charge on any atom is -0.328 e. The van der Waals surface area contributed by atoms with Crippen molar-refractivity contribution in [3.63, 3.8) is 0 Å². The first-order chi connectivity index (χ1) is 4.66. The predicted molar refractivity (Wildman–Crippen MR) is 47.0 cm³/mol. The summed E-state index contributed by atoms with van der Waals surface area (Å²) in [5.41, 5.74) is 5.64. The van der Waals surface area contributed by atoms with Crippen LogP contribution in [-0.2, 0) is 0 Å². The Balaban J connectivity index is 3.12. The maximum Gasteiger partial charge on any atom is 0.00105 e. The van der Waals surface area contributed by atoms with E-state index >= 15 is 0 Å². The Morgan fingerprint density at radius 2 is 1.70 bits per heavy atom. The Morgan fingerprint density at radius 1 is 1.10 bits per heavy atom. The van der Waals surface area contributed by atoms with Crippen molar-refractivity contribution >= 4 is 0 Å². The van der Waals surface area contributed by atoms with E-state index in [4.69, 9.17) is 5.73 Å². The molecular weight excluding hydrogens is 122 g/mol. The van der Waals surface area contributed by atoms with E-state index < -0.39 is 0 Å². The van der Waals surface area contributed by atoms with Crippen LogP contribution in [0, 0.1) is 5.92 Å². The highest BCUT2D eigenvalue weighted by Crippen LogP contribution is 2.12. The molecule has 0 aliphatic rings. The van der Waals surface area contributed by atoms with Crippen molar-refractivity contribution in [2.75, 3.05) is 0 Å². The summed E-state index contributed by atoms with van der Waals surface area (Å²) in [5, 5.41) is 0. The van der Waals surface area contributed by atoms with E-state index in [2.05, 4.69) is 20.8 Å². The van der Waals surface area contributed by atoms with Gasteiger partial charge < -0.3 is 5.73 Å². The van der Waals surface area contributed by atoms with E-state index in [9.17, 15) is 0 Å². The molecule has 0 rings (SSSR count). The van der Waals surface area contributed by atoms with E-state index in [1.54, 1.807) is 0 Å². The molecule has 10 heavy (non-hydrogen) atoms. The van der Waals surface area contributed by atoms with Gasteiger partial charge in [-0.1, -0.05) is 26.7 Å². The normalized spacial score (nSPS) is 16.8. The molecule has 0 aromatic carbocycles. The highest BCUT2D eigenvalue weighted by molar-refractivity contribution is 4.57. The molecule has 0 amide bonds. The van der Waals surface area contributed by atoms with Gasteiger partial charge in [-0.15, -0.1) is 0 Å². The second-order valence-corrected chi connectivity index (χ2v) is 3.45. The minimum absolute atomic E-state index is 0.388. The second-order valence-electron chi connectivity index (χ2n) is 3.45. The molecule has 0 radical (unpaired) electrons. The molecule has 1 nitrogen and oxygen atoms in total.